The number of nitrogens with zero attached hydrogens (tertiary/aromatic N) is 1. The van der Waals surface area contributed by atoms with Crippen molar-refractivity contribution in [3.05, 3.63) is 35.4 Å². The number of nitrogens with one attached hydrogen (secondary N) is 2. The summed E-state index contributed by atoms with van der Waals surface area (Å²) in [4.78, 5) is 4.54. The fraction of sp³-hybridized carbons (Fsp3) is 0.533. The van der Waals surface area contributed by atoms with Crippen LogP contribution in [0.4, 0.5) is 0 Å². The van der Waals surface area contributed by atoms with Crippen LogP contribution in [0.25, 0.3) is 0 Å². The number of halogens is 1. The molecule has 0 bridgehead atoms. The van der Waals surface area contributed by atoms with E-state index in [9.17, 15) is 0 Å². The van der Waals surface area contributed by atoms with Crippen LogP contribution in [0.15, 0.2) is 29.3 Å². The van der Waals surface area contributed by atoms with Gasteiger partial charge in [0.2, 0.25) is 0 Å². The zero-order valence-electron chi connectivity index (χ0n) is 13.0. The minimum Gasteiger partial charge on any atom is -0.383 e. The van der Waals surface area contributed by atoms with Gasteiger partial charge in [-0.3, -0.25) is 0 Å². The van der Waals surface area contributed by atoms with Crippen molar-refractivity contribution in [2.75, 3.05) is 33.9 Å². The molecule has 21 heavy (non-hydrogen) atoms. The van der Waals surface area contributed by atoms with Crippen LogP contribution in [0.1, 0.15) is 18.1 Å². The third-order valence-corrected chi connectivity index (χ3v) is 2.70. The Morgan fingerprint density at radius 1 is 1.05 bits per heavy atom. The van der Waals surface area contributed by atoms with Crippen LogP contribution in [0.3, 0.4) is 0 Å². The first-order valence-electron chi connectivity index (χ1n) is 6.88. The third-order valence-electron chi connectivity index (χ3n) is 2.70. The van der Waals surface area contributed by atoms with E-state index in [0.29, 0.717) is 19.8 Å². The Kier molecular flexibility index (Phi) is 12.3. The normalized spacial score (nSPS) is 10.9. The Balaban J connectivity index is 0.00000400. The molecule has 0 spiro atoms. The summed E-state index contributed by atoms with van der Waals surface area (Å²) >= 11 is 0. The number of guanidine groups is 1. The molecular weight excluding hydrogens is 381 g/mol. The van der Waals surface area contributed by atoms with E-state index in [4.69, 9.17) is 9.47 Å². The average Bonchev–Trinajstić information content (AvgIpc) is 2.47. The van der Waals surface area contributed by atoms with Crippen molar-refractivity contribution < 1.29 is 9.47 Å². The highest BCUT2D eigenvalue weighted by atomic mass is 127. The standard InChI is InChI=1S/C15H25N3O2.HI/c1-4-16-15(17-9-10-19-2)18-11-13-5-7-14(8-6-13)12-20-3;/h5-8H,4,9-12H2,1-3H3,(H2,16,17,18);1H. The molecule has 0 heterocycles. The highest BCUT2D eigenvalue weighted by molar-refractivity contribution is 14.0. The molecule has 0 unspecified atom stereocenters. The number of aliphatic imine (C=N–C) groups is 1. The van der Waals surface area contributed by atoms with E-state index in [-0.39, 0.29) is 24.0 Å². The molecule has 0 amide bonds. The van der Waals surface area contributed by atoms with Crippen molar-refractivity contribution in [3.8, 4) is 0 Å². The molecule has 5 nitrogen and oxygen atoms in total. The van der Waals surface area contributed by atoms with Gasteiger partial charge in [-0.1, -0.05) is 24.3 Å². The number of hydrogen-bond acceptors (Lipinski definition) is 3. The zero-order chi connectivity index (χ0) is 14.6. The van der Waals surface area contributed by atoms with Gasteiger partial charge in [-0.25, -0.2) is 4.99 Å². The van der Waals surface area contributed by atoms with Gasteiger partial charge in [-0.05, 0) is 18.1 Å². The Morgan fingerprint density at radius 2 is 1.71 bits per heavy atom. The lowest BCUT2D eigenvalue weighted by Crippen LogP contribution is -2.38. The SMILES string of the molecule is CCNC(=NCc1ccc(COC)cc1)NCCOC.I. The maximum absolute atomic E-state index is 5.09. The molecule has 0 aliphatic heterocycles. The second-order valence-corrected chi connectivity index (χ2v) is 4.36. The molecule has 6 heteroatoms. The first-order valence-corrected chi connectivity index (χ1v) is 6.88. The van der Waals surface area contributed by atoms with Crippen LogP contribution in [0.2, 0.25) is 0 Å². The van der Waals surface area contributed by atoms with E-state index in [1.165, 1.54) is 11.1 Å². The van der Waals surface area contributed by atoms with Gasteiger partial charge in [0.25, 0.3) is 0 Å². The van der Waals surface area contributed by atoms with Crippen LogP contribution < -0.4 is 10.6 Å². The lowest BCUT2D eigenvalue weighted by molar-refractivity contribution is 0.185. The van der Waals surface area contributed by atoms with Gasteiger partial charge in [0, 0.05) is 27.3 Å². The largest absolute Gasteiger partial charge is 0.383 e. The predicted molar refractivity (Wildman–Crippen MR) is 97.3 cm³/mol. The first-order chi connectivity index (χ1) is 9.80. The summed E-state index contributed by atoms with van der Waals surface area (Å²) < 4.78 is 10.1. The molecule has 0 atom stereocenters. The van der Waals surface area contributed by atoms with Gasteiger partial charge in [0.1, 0.15) is 0 Å². The predicted octanol–water partition coefficient (Wildman–Crippen LogP) is 2.15. The fourth-order valence-electron chi connectivity index (χ4n) is 1.69. The van der Waals surface area contributed by atoms with Crippen LogP contribution in [-0.2, 0) is 22.6 Å². The third kappa shape index (κ3) is 8.90. The summed E-state index contributed by atoms with van der Waals surface area (Å²) in [7, 11) is 3.39. The van der Waals surface area contributed by atoms with E-state index in [0.717, 1.165) is 19.0 Å². The summed E-state index contributed by atoms with van der Waals surface area (Å²) in [6.07, 6.45) is 0. The molecule has 2 N–H and O–H groups in total. The zero-order valence-corrected chi connectivity index (χ0v) is 15.3. The van der Waals surface area contributed by atoms with Crippen LogP contribution in [-0.4, -0.2) is 39.9 Å². The molecule has 120 valence electrons. The Labute approximate surface area is 144 Å². The first kappa shape index (κ1) is 20.1. The van der Waals surface area contributed by atoms with Crippen molar-refractivity contribution in [1.29, 1.82) is 0 Å². The van der Waals surface area contributed by atoms with Gasteiger partial charge in [0.05, 0.1) is 19.8 Å². The number of rotatable bonds is 8. The molecule has 0 aliphatic carbocycles. The van der Waals surface area contributed by atoms with Gasteiger partial charge < -0.3 is 20.1 Å². The molecule has 1 aromatic carbocycles. The quantitative estimate of drug-likeness (QED) is 0.300. The van der Waals surface area contributed by atoms with Crippen molar-refractivity contribution in [3.63, 3.8) is 0 Å². The molecule has 0 aromatic heterocycles. The second kappa shape index (κ2) is 12.8. The van der Waals surface area contributed by atoms with Crippen molar-refractivity contribution >= 4 is 29.9 Å². The maximum Gasteiger partial charge on any atom is 0.191 e. The molecule has 0 fully saturated rings. The maximum atomic E-state index is 5.09. The van der Waals surface area contributed by atoms with Crippen molar-refractivity contribution in [2.24, 2.45) is 4.99 Å². The smallest absolute Gasteiger partial charge is 0.191 e. The summed E-state index contributed by atoms with van der Waals surface area (Å²) in [6.45, 7) is 5.59. The molecule has 1 rings (SSSR count). The Morgan fingerprint density at radius 3 is 2.29 bits per heavy atom. The van der Waals surface area contributed by atoms with E-state index in [1.807, 2.05) is 6.92 Å². The van der Waals surface area contributed by atoms with Gasteiger partial charge in [-0.15, -0.1) is 24.0 Å². The number of benzene rings is 1. The highest BCUT2D eigenvalue weighted by Gasteiger charge is 1.97. The van der Waals surface area contributed by atoms with Crippen molar-refractivity contribution in [1.82, 2.24) is 10.6 Å². The molecular formula is C15H26IN3O2. The molecule has 1 aromatic rings. The van der Waals surface area contributed by atoms with Crippen LogP contribution in [0, 0.1) is 0 Å². The van der Waals surface area contributed by atoms with E-state index in [2.05, 4.69) is 39.9 Å². The summed E-state index contributed by atoms with van der Waals surface area (Å²) in [5.41, 5.74) is 2.35. The van der Waals surface area contributed by atoms with E-state index < -0.39 is 0 Å². The highest BCUT2D eigenvalue weighted by Crippen LogP contribution is 2.06. The number of ether oxygens (including phenoxy) is 2. The topological polar surface area (TPSA) is 54.9 Å². The lowest BCUT2D eigenvalue weighted by Gasteiger charge is -2.10. The van der Waals surface area contributed by atoms with Gasteiger partial charge in [-0.2, -0.15) is 0 Å². The lowest BCUT2D eigenvalue weighted by atomic mass is 10.1. The van der Waals surface area contributed by atoms with Crippen molar-refractivity contribution in [2.45, 2.75) is 20.1 Å². The summed E-state index contributed by atoms with van der Waals surface area (Å²) in [5, 5.41) is 6.42. The van der Waals surface area contributed by atoms with Crippen LogP contribution in [0.5, 0.6) is 0 Å². The van der Waals surface area contributed by atoms with E-state index >= 15 is 0 Å². The summed E-state index contributed by atoms with van der Waals surface area (Å²) in [6, 6.07) is 8.30. The van der Waals surface area contributed by atoms with Crippen LogP contribution >= 0.6 is 24.0 Å². The monoisotopic (exact) mass is 407 g/mol. The van der Waals surface area contributed by atoms with E-state index in [1.54, 1.807) is 14.2 Å². The Bertz CT molecular complexity index is 396. The number of hydrogen-bond donors (Lipinski definition) is 2. The molecule has 0 saturated carbocycles. The minimum atomic E-state index is 0. The minimum absolute atomic E-state index is 0. The second-order valence-electron chi connectivity index (χ2n) is 4.36. The molecule has 0 radical (unpaired) electrons. The fourth-order valence-corrected chi connectivity index (χ4v) is 1.69. The summed E-state index contributed by atoms with van der Waals surface area (Å²) in [5.74, 6) is 0.811. The number of methoxy groups -OCH3 is 2. The average molecular weight is 407 g/mol. The Hall–Kier alpha value is -0.860. The van der Waals surface area contributed by atoms with Gasteiger partial charge >= 0.3 is 0 Å². The molecule has 0 aliphatic rings. The van der Waals surface area contributed by atoms with Gasteiger partial charge in [0.15, 0.2) is 5.96 Å². The molecule has 0 saturated heterocycles.